The summed E-state index contributed by atoms with van der Waals surface area (Å²) < 4.78 is 34.8. The van der Waals surface area contributed by atoms with Crippen molar-refractivity contribution < 1.29 is 18.3 Å². The molecular weight excluding hydrogens is 481 g/mol. The lowest BCUT2D eigenvalue weighted by atomic mass is 10.1. The van der Waals surface area contributed by atoms with Crippen molar-refractivity contribution >= 4 is 29.9 Å². The summed E-state index contributed by atoms with van der Waals surface area (Å²) in [7, 11) is 3.10. The molecule has 0 bridgehead atoms. The van der Waals surface area contributed by atoms with E-state index in [4.69, 9.17) is 10.00 Å². The van der Waals surface area contributed by atoms with E-state index >= 15 is 0 Å². The Balaban J connectivity index is 0.00000392. The fourth-order valence-corrected chi connectivity index (χ4v) is 2.37. The molecule has 2 aromatic carbocycles. The zero-order chi connectivity index (χ0) is 19.6. The number of nitrogens with zero attached hydrogens (tertiary/aromatic N) is 2. The third-order valence-corrected chi connectivity index (χ3v) is 3.67. The number of guanidine groups is 1. The average molecular weight is 502 g/mol. The van der Waals surface area contributed by atoms with Crippen LogP contribution in [0.1, 0.15) is 16.7 Å². The molecule has 0 atom stereocenters. The highest BCUT2D eigenvalue weighted by atomic mass is 127. The third kappa shape index (κ3) is 7.19. The summed E-state index contributed by atoms with van der Waals surface area (Å²) >= 11 is 0. The van der Waals surface area contributed by atoms with Crippen LogP contribution in [0.2, 0.25) is 0 Å². The Morgan fingerprint density at radius 1 is 1.18 bits per heavy atom. The van der Waals surface area contributed by atoms with Gasteiger partial charge in [-0.1, -0.05) is 12.1 Å². The number of ether oxygens (including phenoxy) is 2. The molecule has 0 spiro atoms. The Labute approximate surface area is 179 Å². The van der Waals surface area contributed by atoms with Crippen LogP contribution in [0.4, 0.5) is 8.78 Å². The van der Waals surface area contributed by atoms with E-state index in [-0.39, 0.29) is 36.3 Å². The smallest absolute Gasteiger partial charge is 0.387 e. The number of hydrogen-bond donors (Lipinski definition) is 2. The topological polar surface area (TPSA) is 78.7 Å². The molecule has 6 nitrogen and oxygen atoms in total. The fraction of sp³-hybridized carbons (Fsp3) is 0.263. The number of aliphatic imine (C=N–C) groups is 1. The normalized spacial score (nSPS) is 10.6. The van der Waals surface area contributed by atoms with E-state index in [1.54, 1.807) is 37.4 Å². The summed E-state index contributed by atoms with van der Waals surface area (Å²) in [6.45, 7) is -2.26. The second-order valence-corrected chi connectivity index (χ2v) is 5.44. The van der Waals surface area contributed by atoms with Gasteiger partial charge in [0.05, 0.1) is 18.7 Å². The number of nitrogens with one attached hydrogen (secondary N) is 2. The molecule has 0 aliphatic carbocycles. The van der Waals surface area contributed by atoms with Gasteiger partial charge in [-0.15, -0.1) is 24.0 Å². The molecule has 0 saturated heterocycles. The first-order valence-corrected chi connectivity index (χ1v) is 8.11. The molecule has 0 unspecified atom stereocenters. The van der Waals surface area contributed by atoms with Crippen molar-refractivity contribution in [2.75, 3.05) is 14.2 Å². The summed E-state index contributed by atoms with van der Waals surface area (Å²) in [6.07, 6.45) is 0. The van der Waals surface area contributed by atoms with Crippen molar-refractivity contribution in [1.82, 2.24) is 10.6 Å². The van der Waals surface area contributed by atoms with Gasteiger partial charge < -0.3 is 20.1 Å². The summed E-state index contributed by atoms with van der Waals surface area (Å²) in [5.74, 6) is 1.07. The van der Waals surface area contributed by atoms with Crippen LogP contribution in [0.15, 0.2) is 47.5 Å². The first kappa shape index (κ1) is 23.4. The lowest BCUT2D eigenvalue weighted by molar-refractivity contribution is -0.0504. The first-order chi connectivity index (χ1) is 13.0. The highest BCUT2D eigenvalue weighted by Gasteiger charge is 2.11. The van der Waals surface area contributed by atoms with Crippen molar-refractivity contribution in [3.05, 3.63) is 59.2 Å². The number of benzene rings is 2. The van der Waals surface area contributed by atoms with Crippen LogP contribution in [0, 0.1) is 11.3 Å². The molecule has 0 amide bonds. The Morgan fingerprint density at radius 2 is 1.93 bits per heavy atom. The molecule has 0 heterocycles. The highest BCUT2D eigenvalue weighted by molar-refractivity contribution is 14.0. The van der Waals surface area contributed by atoms with Gasteiger partial charge in [0.25, 0.3) is 0 Å². The van der Waals surface area contributed by atoms with Gasteiger partial charge in [-0.3, -0.25) is 4.99 Å². The minimum Gasteiger partial charge on any atom is -0.497 e. The van der Waals surface area contributed by atoms with Crippen LogP contribution in [0.5, 0.6) is 11.5 Å². The third-order valence-electron chi connectivity index (χ3n) is 3.67. The van der Waals surface area contributed by atoms with Crippen molar-refractivity contribution in [2.24, 2.45) is 4.99 Å². The van der Waals surface area contributed by atoms with Gasteiger partial charge in [-0.05, 0) is 35.9 Å². The number of methoxy groups -OCH3 is 1. The molecule has 150 valence electrons. The molecule has 0 aliphatic heterocycles. The van der Waals surface area contributed by atoms with E-state index in [0.29, 0.717) is 29.4 Å². The van der Waals surface area contributed by atoms with E-state index in [2.05, 4.69) is 26.4 Å². The van der Waals surface area contributed by atoms with Gasteiger partial charge in [-0.2, -0.15) is 14.0 Å². The Bertz CT molecular complexity index is 841. The van der Waals surface area contributed by atoms with Gasteiger partial charge in [-0.25, -0.2) is 0 Å². The Morgan fingerprint density at radius 3 is 2.57 bits per heavy atom. The first-order valence-electron chi connectivity index (χ1n) is 8.11. The number of hydrogen-bond acceptors (Lipinski definition) is 4. The maximum atomic E-state index is 12.6. The molecule has 2 rings (SSSR count). The monoisotopic (exact) mass is 502 g/mol. The summed E-state index contributed by atoms with van der Waals surface area (Å²) in [4.78, 5) is 4.10. The minimum absolute atomic E-state index is 0. The van der Waals surface area contributed by atoms with Gasteiger partial charge in [0.2, 0.25) is 0 Å². The van der Waals surface area contributed by atoms with Gasteiger partial charge in [0.15, 0.2) is 5.96 Å². The van der Waals surface area contributed by atoms with Crippen LogP contribution in [-0.4, -0.2) is 26.7 Å². The van der Waals surface area contributed by atoms with E-state index in [1.165, 1.54) is 13.2 Å². The molecule has 0 fully saturated rings. The van der Waals surface area contributed by atoms with Crippen LogP contribution in [0.3, 0.4) is 0 Å². The summed E-state index contributed by atoms with van der Waals surface area (Å²) in [5.41, 5.74) is 1.99. The second-order valence-electron chi connectivity index (χ2n) is 5.44. The van der Waals surface area contributed by atoms with Crippen molar-refractivity contribution in [3.63, 3.8) is 0 Å². The maximum absolute atomic E-state index is 12.6. The van der Waals surface area contributed by atoms with Crippen molar-refractivity contribution in [1.29, 1.82) is 5.26 Å². The Hall–Kier alpha value is -2.61. The molecule has 0 aliphatic rings. The lowest BCUT2D eigenvalue weighted by Crippen LogP contribution is -2.36. The van der Waals surface area contributed by atoms with E-state index in [1.807, 2.05) is 6.07 Å². The summed E-state index contributed by atoms with van der Waals surface area (Å²) in [6, 6.07) is 13.9. The van der Waals surface area contributed by atoms with Crippen LogP contribution in [-0.2, 0) is 13.1 Å². The lowest BCUT2D eigenvalue weighted by Gasteiger charge is -2.15. The number of alkyl halides is 2. The molecular formula is C19H21F2IN4O2. The van der Waals surface area contributed by atoms with E-state index in [0.717, 1.165) is 5.56 Å². The van der Waals surface area contributed by atoms with Crippen molar-refractivity contribution in [3.8, 4) is 17.6 Å². The quantitative estimate of drug-likeness (QED) is 0.344. The number of rotatable bonds is 7. The minimum atomic E-state index is -2.91. The van der Waals surface area contributed by atoms with Gasteiger partial charge >= 0.3 is 6.61 Å². The maximum Gasteiger partial charge on any atom is 0.387 e. The van der Waals surface area contributed by atoms with E-state index < -0.39 is 6.61 Å². The van der Waals surface area contributed by atoms with Gasteiger partial charge in [0, 0.05) is 25.7 Å². The fourth-order valence-electron chi connectivity index (χ4n) is 2.37. The molecule has 0 aromatic heterocycles. The molecule has 28 heavy (non-hydrogen) atoms. The molecule has 0 radical (unpaired) electrons. The van der Waals surface area contributed by atoms with Gasteiger partial charge in [0.1, 0.15) is 11.5 Å². The van der Waals surface area contributed by atoms with Crippen LogP contribution >= 0.6 is 24.0 Å². The largest absolute Gasteiger partial charge is 0.497 e. The molecule has 2 N–H and O–H groups in total. The highest BCUT2D eigenvalue weighted by Crippen LogP contribution is 2.25. The predicted octanol–water partition coefficient (Wildman–Crippen LogP) is 3.65. The Kier molecular flexibility index (Phi) is 10.0. The van der Waals surface area contributed by atoms with Crippen LogP contribution < -0.4 is 20.1 Å². The zero-order valence-corrected chi connectivity index (χ0v) is 17.7. The molecule has 9 heteroatoms. The van der Waals surface area contributed by atoms with E-state index in [9.17, 15) is 8.78 Å². The van der Waals surface area contributed by atoms with Crippen molar-refractivity contribution in [2.45, 2.75) is 19.7 Å². The predicted molar refractivity (Wildman–Crippen MR) is 113 cm³/mol. The standard InChI is InChI=1S/C19H20F2N4O2.HI/c1-23-19(24-11-14-5-3-4-13(8-14)10-22)25-12-15-9-16(26-2)6-7-17(15)27-18(20)21;/h3-9,18H,11-12H2,1-2H3,(H2,23,24,25);1H. The van der Waals surface area contributed by atoms with Crippen LogP contribution in [0.25, 0.3) is 0 Å². The second kappa shape index (κ2) is 12.0. The number of nitriles is 1. The molecule has 2 aromatic rings. The summed E-state index contributed by atoms with van der Waals surface area (Å²) in [5, 5.41) is 15.1. The molecule has 0 saturated carbocycles. The number of halogens is 3. The SMILES string of the molecule is CN=C(NCc1cccc(C#N)c1)NCc1cc(OC)ccc1OC(F)F.I. The zero-order valence-electron chi connectivity index (χ0n) is 15.4. The average Bonchev–Trinajstić information content (AvgIpc) is 2.68.